The molecule has 0 N–H and O–H groups in total. The minimum atomic E-state index is -1.02. The molecule has 0 aromatic heterocycles. The third-order valence-corrected chi connectivity index (χ3v) is 4.40. The van der Waals surface area contributed by atoms with E-state index in [1.165, 1.54) is 0 Å². The molecular formula is C18H26O2Si. The topological polar surface area (TPSA) is 26.3 Å². The molecule has 0 spiro atoms. The zero-order valence-electron chi connectivity index (χ0n) is 13.3. The van der Waals surface area contributed by atoms with Gasteiger partial charge in [0.15, 0.2) is 0 Å². The number of hydrogen-bond acceptors (Lipinski definition) is 2. The van der Waals surface area contributed by atoms with Gasteiger partial charge in [-0.05, 0) is 11.6 Å². The van der Waals surface area contributed by atoms with Crippen molar-refractivity contribution in [3.8, 4) is 0 Å². The lowest BCUT2D eigenvalue weighted by Gasteiger charge is -2.12. The molecule has 0 heterocycles. The van der Waals surface area contributed by atoms with Gasteiger partial charge in [0.05, 0.1) is 12.7 Å². The summed E-state index contributed by atoms with van der Waals surface area (Å²) in [5, 5.41) is 0. The first-order valence-electron chi connectivity index (χ1n) is 7.45. The van der Waals surface area contributed by atoms with Crippen molar-refractivity contribution in [3.63, 3.8) is 0 Å². The van der Waals surface area contributed by atoms with Gasteiger partial charge >= 0.3 is 0 Å². The first kappa shape index (κ1) is 17.6. The van der Waals surface area contributed by atoms with Crippen LogP contribution in [0.15, 0.2) is 48.6 Å². The van der Waals surface area contributed by atoms with Crippen LogP contribution < -0.4 is 0 Å². The molecule has 21 heavy (non-hydrogen) atoms. The molecular weight excluding hydrogens is 276 g/mol. The van der Waals surface area contributed by atoms with Gasteiger partial charge in [-0.25, -0.2) is 0 Å². The summed E-state index contributed by atoms with van der Waals surface area (Å²) >= 11 is 0. The molecule has 0 aliphatic rings. The van der Waals surface area contributed by atoms with E-state index >= 15 is 0 Å². The van der Waals surface area contributed by atoms with Crippen molar-refractivity contribution in [2.24, 2.45) is 0 Å². The SMILES string of the molecule is C[Si](C)(C)C/C=C\COC(/C=C/c1ccccc1)CC=O. The van der Waals surface area contributed by atoms with Gasteiger partial charge in [0.25, 0.3) is 0 Å². The third-order valence-electron chi connectivity index (χ3n) is 2.93. The molecule has 0 aliphatic heterocycles. The molecule has 0 fully saturated rings. The Morgan fingerprint density at radius 3 is 2.48 bits per heavy atom. The number of hydrogen-bond donors (Lipinski definition) is 0. The molecule has 1 atom stereocenters. The Morgan fingerprint density at radius 2 is 1.86 bits per heavy atom. The average molecular weight is 302 g/mol. The molecule has 114 valence electrons. The molecule has 1 aromatic rings. The van der Waals surface area contributed by atoms with Gasteiger partial charge in [0, 0.05) is 14.5 Å². The van der Waals surface area contributed by atoms with Gasteiger partial charge in [-0.3, -0.25) is 0 Å². The van der Waals surface area contributed by atoms with Gasteiger partial charge in [-0.15, -0.1) is 0 Å². The zero-order chi connectivity index (χ0) is 15.6. The molecule has 0 aliphatic carbocycles. The highest BCUT2D eigenvalue weighted by atomic mass is 28.3. The summed E-state index contributed by atoms with van der Waals surface area (Å²) in [7, 11) is -1.02. The molecule has 0 amide bonds. The zero-order valence-corrected chi connectivity index (χ0v) is 14.3. The fourth-order valence-corrected chi connectivity index (χ4v) is 2.64. The van der Waals surface area contributed by atoms with Crippen LogP contribution in [0.1, 0.15) is 12.0 Å². The smallest absolute Gasteiger partial charge is 0.122 e. The van der Waals surface area contributed by atoms with E-state index in [-0.39, 0.29) is 6.10 Å². The molecule has 1 aromatic carbocycles. The third kappa shape index (κ3) is 9.16. The second kappa shape index (κ2) is 9.48. The van der Waals surface area contributed by atoms with E-state index in [0.29, 0.717) is 13.0 Å². The molecule has 2 nitrogen and oxygen atoms in total. The lowest BCUT2D eigenvalue weighted by molar-refractivity contribution is -0.109. The largest absolute Gasteiger partial charge is 0.370 e. The Balaban J connectivity index is 2.43. The van der Waals surface area contributed by atoms with Crippen LogP contribution in [-0.4, -0.2) is 27.1 Å². The quantitative estimate of drug-likeness (QED) is 0.379. The molecule has 1 rings (SSSR count). The van der Waals surface area contributed by atoms with E-state index < -0.39 is 8.07 Å². The second-order valence-electron chi connectivity index (χ2n) is 6.28. The van der Waals surface area contributed by atoms with Crippen molar-refractivity contribution >= 4 is 20.4 Å². The summed E-state index contributed by atoms with van der Waals surface area (Å²) in [5.41, 5.74) is 1.12. The summed E-state index contributed by atoms with van der Waals surface area (Å²) < 4.78 is 5.73. The minimum Gasteiger partial charge on any atom is -0.370 e. The van der Waals surface area contributed by atoms with Crippen LogP contribution in [0.3, 0.4) is 0 Å². The lowest BCUT2D eigenvalue weighted by atomic mass is 10.1. The fourth-order valence-electron chi connectivity index (χ4n) is 1.76. The Bertz CT molecular complexity index is 458. The fraction of sp³-hybridized carbons (Fsp3) is 0.389. The predicted molar refractivity (Wildman–Crippen MR) is 93.2 cm³/mol. The number of allylic oxidation sites excluding steroid dienone is 1. The average Bonchev–Trinajstić information content (AvgIpc) is 2.44. The maximum atomic E-state index is 10.7. The number of carbonyl (C=O) groups is 1. The Labute approximate surface area is 129 Å². The summed E-state index contributed by atoms with van der Waals surface area (Å²) in [4.78, 5) is 10.7. The second-order valence-corrected chi connectivity index (χ2v) is 11.8. The molecule has 0 saturated heterocycles. The van der Waals surface area contributed by atoms with Gasteiger partial charge in [-0.2, -0.15) is 0 Å². The highest BCUT2D eigenvalue weighted by Gasteiger charge is 2.09. The van der Waals surface area contributed by atoms with E-state index in [1.807, 2.05) is 42.5 Å². The number of aldehydes is 1. The van der Waals surface area contributed by atoms with Crippen LogP contribution >= 0.6 is 0 Å². The number of carbonyl (C=O) groups excluding carboxylic acids is 1. The van der Waals surface area contributed by atoms with E-state index in [4.69, 9.17) is 4.74 Å². The molecule has 0 radical (unpaired) electrons. The monoisotopic (exact) mass is 302 g/mol. The van der Waals surface area contributed by atoms with E-state index in [9.17, 15) is 4.79 Å². The van der Waals surface area contributed by atoms with Crippen LogP contribution in [0, 0.1) is 0 Å². The number of rotatable bonds is 9. The Morgan fingerprint density at radius 1 is 1.14 bits per heavy atom. The van der Waals surface area contributed by atoms with Crippen molar-refractivity contribution in [1.29, 1.82) is 0 Å². The van der Waals surface area contributed by atoms with E-state index in [0.717, 1.165) is 17.9 Å². The first-order chi connectivity index (χ1) is 10.0. The molecule has 3 heteroatoms. The molecule has 0 bridgehead atoms. The van der Waals surface area contributed by atoms with Gasteiger partial charge < -0.3 is 9.53 Å². The summed E-state index contributed by atoms with van der Waals surface area (Å²) in [6.07, 6.45) is 9.36. The van der Waals surface area contributed by atoms with Crippen molar-refractivity contribution in [2.45, 2.75) is 38.2 Å². The minimum absolute atomic E-state index is 0.153. The summed E-state index contributed by atoms with van der Waals surface area (Å²) in [5.74, 6) is 0. The highest BCUT2D eigenvalue weighted by molar-refractivity contribution is 6.76. The summed E-state index contributed by atoms with van der Waals surface area (Å²) in [6, 6.07) is 11.2. The van der Waals surface area contributed by atoms with E-state index in [1.54, 1.807) is 0 Å². The maximum absolute atomic E-state index is 10.7. The van der Waals surface area contributed by atoms with Crippen molar-refractivity contribution in [3.05, 3.63) is 54.1 Å². The first-order valence-corrected chi connectivity index (χ1v) is 11.2. The number of ether oxygens (including phenoxy) is 1. The number of benzene rings is 1. The molecule has 0 saturated carbocycles. The van der Waals surface area contributed by atoms with Crippen molar-refractivity contribution < 1.29 is 9.53 Å². The van der Waals surface area contributed by atoms with Gasteiger partial charge in [0.2, 0.25) is 0 Å². The van der Waals surface area contributed by atoms with Gasteiger partial charge in [0.1, 0.15) is 6.29 Å². The normalized spacial score (nSPS) is 13.9. The van der Waals surface area contributed by atoms with Gasteiger partial charge in [-0.1, -0.05) is 74.3 Å². The van der Waals surface area contributed by atoms with Crippen molar-refractivity contribution in [1.82, 2.24) is 0 Å². The lowest BCUT2D eigenvalue weighted by Crippen LogP contribution is -2.17. The Kier molecular flexibility index (Phi) is 7.94. The van der Waals surface area contributed by atoms with Crippen LogP contribution in [0.4, 0.5) is 0 Å². The van der Waals surface area contributed by atoms with Crippen molar-refractivity contribution in [2.75, 3.05) is 6.61 Å². The van der Waals surface area contributed by atoms with E-state index in [2.05, 4.69) is 31.8 Å². The maximum Gasteiger partial charge on any atom is 0.122 e. The van der Waals surface area contributed by atoms with Crippen LogP contribution in [-0.2, 0) is 9.53 Å². The predicted octanol–water partition coefficient (Wildman–Crippen LogP) is 4.57. The van der Waals surface area contributed by atoms with Crippen LogP contribution in [0.25, 0.3) is 6.08 Å². The molecule has 1 unspecified atom stereocenters. The Hall–Kier alpha value is -1.45. The standard InChI is InChI=1S/C18H26O2Si/c1-21(2,3)16-8-7-15-20-18(13-14-19)12-11-17-9-5-4-6-10-17/h4-12,14,18H,13,15-16H2,1-3H3/b8-7-,12-11+. The summed E-state index contributed by atoms with van der Waals surface area (Å²) in [6.45, 7) is 7.59. The van der Waals surface area contributed by atoms with Crippen LogP contribution in [0.2, 0.25) is 25.7 Å². The highest BCUT2D eigenvalue weighted by Crippen LogP contribution is 2.09. The van der Waals surface area contributed by atoms with Crippen LogP contribution in [0.5, 0.6) is 0 Å².